The third kappa shape index (κ3) is 4.38. The van der Waals surface area contributed by atoms with Crippen molar-refractivity contribution in [1.29, 1.82) is 0 Å². The molecule has 31 heavy (non-hydrogen) atoms. The highest BCUT2D eigenvalue weighted by atomic mass is 32.2. The molecule has 9 heteroatoms. The topological polar surface area (TPSA) is 97.3 Å². The second kappa shape index (κ2) is 8.60. The molecule has 2 aromatic heterocycles. The molecule has 1 fully saturated rings. The first-order chi connectivity index (χ1) is 14.9. The highest BCUT2D eigenvalue weighted by Gasteiger charge is 2.38. The minimum Gasteiger partial charge on any atom is -0.495 e. The second-order valence-corrected chi connectivity index (χ2v) is 9.42. The molecule has 1 aromatic carbocycles. The van der Waals surface area contributed by atoms with Gasteiger partial charge in [-0.05, 0) is 56.5 Å². The maximum Gasteiger partial charge on any atom is 0.247 e. The Morgan fingerprint density at radius 1 is 1.16 bits per heavy atom. The van der Waals surface area contributed by atoms with Crippen molar-refractivity contribution in [2.24, 2.45) is 0 Å². The number of benzene rings is 1. The molecular weight excluding hydrogens is 414 g/mol. The monoisotopic (exact) mass is 439 g/mol. The van der Waals surface area contributed by atoms with E-state index < -0.39 is 10.0 Å². The Kier molecular flexibility index (Phi) is 5.88. The molecule has 0 amide bonds. The molecule has 0 spiro atoms. The summed E-state index contributed by atoms with van der Waals surface area (Å²) >= 11 is 0. The van der Waals surface area contributed by atoms with Crippen LogP contribution in [0.5, 0.6) is 5.75 Å². The summed E-state index contributed by atoms with van der Waals surface area (Å²) in [6.07, 6.45) is 6.31. The number of sulfonamides is 1. The molecule has 1 aliphatic rings. The summed E-state index contributed by atoms with van der Waals surface area (Å²) in [4.78, 5) is 13.2. The number of rotatable bonds is 6. The van der Waals surface area contributed by atoms with E-state index in [1.807, 2.05) is 32.0 Å². The summed E-state index contributed by atoms with van der Waals surface area (Å²) in [5.41, 5.74) is 3.15. The number of hydrogen-bond donors (Lipinski definition) is 1. The number of nitrogens with one attached hydrogen (secondary N) is 1. The Labute approximate surface area is 182 Å². The molecule has 8 nitrogen and oxygen atoms in total. The number of anilines is 2. The van der Waals surface area contributed by atoms with Gasteiger partial charge in [-0.2, -0.15) is 4.31 Å². The highest BCUT2D eigenvalue weighted by molar-refractivity contribution is 7.89. The van der Waals surface area contributed by atoms with Gasteiger partial charge in [-0.1, -0.05) is 6.07 Å². The average molecular weight is 440 g/mol. The lowest BCUT2D eigenvalue weighted by molar-refractivity contribution is 0.377. The van der Waals surface area contributed by atoms with Crippen LogP contribution in [0.3, 0.4) is 0 Å². The van der Waals surface area contributed by atoms with Crippen molar-refractivity contribution in [1.82, 2.24) is 19.3 Å². The molecular formula is C22H25N5O3S. The maximum absolute atomic E-state index is 13.6. The summed E-state index contributed by atoms with van der Waals surface area (Å²) in [5, 5.41) is 3.22. The fraction of sp³-hybridized carbons (Fsp3) is 0.318. The molecule has 1 saturated heterocycles. The number of hydrogen-bond acceptors (Lipinski definition) is 7. The summed E-state index contributed by atoms with van der Waals surface area (Å²) in [6, 6.07) is 8.63. The molecule has 0 aliphatic carbocycles. The molecule has 1 N–H and O–H groups in total. The van der Waals surface area contributed by atoms with Gasteiger partial charge >= 0.3 is 0 Å². The normalized spacial score (nSPS) is 16.9. The van der Waals surface area contributed by atoms with Crippen molar-refractivity contribution in [3.63, 3.8) is 0 Å². The molecule has 0 saturated carbocycles. The predicted octanol–water partition coefficient (Wildman–Crippen LogP) is 3.77. The maximum atomic E-state index is 13.6. The minimum absolute atomic E-state index is 0.187. The van der Waals surface area contributed by atoms with Gasteiger partial charge < -0.3 is 10.1 Å². The minimum atomic E-state index is -3.76. The van der Waals surface area contributed by atoms with Crippen LogP contribution in [0.2, 0.25) is 0 Å². The van der Waals surface area contributed by atoms with E-state index >= 15 is 0 Å². The van der Waals surface area contributed by atoms with E-state index in [2.05, 4.69) is 20.3 Å². The number of nitrogens with zero attached hydrogens (tertiary/aromatic N) is 4. The highest BCUT2D eigenvalue weighted by Crippen LogP contribution is 2.39. The van der Waals surface area contributed by atoms with Gasteiger partial charge in [0.2, 0.25) is 10.0 Å². The molecule has 1 atom stereocenters. The average Bonchev–Trinajstić information content (AvgIpc) is 3.25. The van der Waals surface area contributed by atoms with Crippen molar-refractivity contribution < 1.29 is 13.2 Å². The van der Waals surface area contributed by atoms with Crippen LogP contribution >= 0.6 is 0 Å². The van der Waals surface area contributed by atoms with E-state index in [-0.39, 0.29) is 10.9 Å². The summed E-state index contributed by atoms with van der Waals surface area (Å²) in [6.45, 7) is 4.20. The molecule has 4 rings (SSSR count). The van der Waals surface area contributed by atoms with Crippen LogP contribution in [-0.2, 0) is 10.0 Å². The summed E-state index contributed by atoms with van der Waals surface area (Å²) < 4.78 is 34.1. The van der Waals surface area contributed by atoms with Crippen LogP contribution < -0.4 is 10.1 Å². The van der Waals surface area contributed by atoms with Gasteiger partial charge in [-0.3, -0.25) is 9.97 Å². The van der Waals surface area contributed by atoms with Crippen LogP contribution in [0.15, 0.2) is 53.8 Å². The van der Waals surface area contributed by atoms with Crippen LogP contribution in [0.1, 0.15) is 35.8 Å². The van der Waals surface area contributed by atoms with Gasteiger partial charge in [0.15, 0.2) is 0 Å². The largest absolute Gasteiger partial charge is 0.495 e. The third-order valence-electron chi connectivity index (χ3n) is 5.26. The standard InChI is InChI=1S/C22H25N5O3S/c1-15-6-7-20(30-3)21(11-15)31(28,29)27-10-4-5-19(27)18-13-17(12-16(2)25-18)26-22-14-23-8-9-24-22/h6-9,11-14,19H,4-5,10H2,1-3H3,(H,24,25,26)/t19-/m0/s1. The fourth-order valence-corrected chi connectivity index (χ4v) is 5.79. The smallest absolute Gasteiger partial charge is 0.247 e. The molecule has 3 aromatic rings. The van der Waals surface area contributed by atoms with Crippen molar-refractivity contribution >= 4 is 21.5 Å². The van der Waals surface area contributed by atoms with Crippen molar-refractivity contribution in [3.05, 3.63) is 65.9 Å². The van der Waals surface area contributed by atoms with E-state index in [0.29, 0.717) is 30.2 Å². The van der Waals surface area contributed by atoms with Gasteiger partial charge in [0, 0.05) is 30.3 Å². The van der Waals surface area contributed by atoms with Gasteiger partial charge in [0.25, 0.3) is 0 Å². The van der Waals surface area contributed by atoms with Crippen LogP contribution in [-0.4, -0.2) is 41.3 Å². The lowest BCUT2D eigenvalue weighted by Gasteiger charge is -2.25. The first-order valence-corrected chi connectivity index (χ1v) is 11.5. The van der Waals surface area contributed by atoms with E-state index in [1.54, 1.807) is 30.7 Å². The Bertz CT molecular complexity index is 1190. The Hall–Kier alpha value is -3.04. The summed E-state index contributed by atoms with van der Waals surface area (Å²) in [7, 11) is -2.28. The molecule has 0 radical (unpaired) electrons. The van der Waals surface area contributed by atoms with Crippen molar-refractivity contribution in [2.75, 3.05) is 19.0 Å². The first kappa shape index (κ1) is 21.2. The zero-order chi connectivity index (χ0) is 22.0. The van der Waals surface area contributed by atoms with Gasteiger partial charge in [-0.15, -0.1) is 0 Å². The Morgan fingerprint density at radius 3 is 2.74 bits per heavy atom. The van der Waals surface area contributed by atoms with Crippen LogP contribution in [0.25, 0.3) is 0 Å². The summed E-state index contributed by atoms with van der Waals surface area (Å²) in [5.74, 6) is 0.956. The number of methoxy groups -OCH3 is 1. The number of ether oxygens (including phenoxy) is 1. The predicted molar refractivity (Wildman–Crippen MR) is 118 cm³/mol. The van der Waals surface area contributed by atoms with E-state index in [0.717, 1.165) is 23.4 Å². The Balaban J connectivity index is 1.70. The fourth-order valence-electron chi connectivity index (χ4n) is 3.88. The quantitative estimate of drug-likeness (QED) is 0.624. The SMILES string of the molecule is COc1ccc(C)cc1S(=O)(=O)N1CCC[C@H]1c1cc(Nc2cnccn2)cc(C)n1. The number of pyridine rings is 1. The second-order valence-electron chi connectivity index (χ2n) is 7.57. The van der Waals surface area contributed by atoms with E-state index in [9.17, 15) is 8.42 Å². The van der Waals surface area contributed by atoms with E-state index in [4.69, 9.17) is 4.74 Å². The molecule has 0 unspecified atom stereocenters. The number of aryl methyl sites for hydroxylation is 2. The van der Waals surface area contributed by atoms with Gasteiger partial charge in [0.1, 0.15) is 16.5 Å². The van der Waals surface area contributed by atoms with Crippen LogP contribution in [0.4, 0.5) is 11.5 Å². The number of aromatic nitrogens is 3. The first-order valence-electron chi connectivity index (χ1n) is 10.1. The zero-order valence-electron chi connectivity index (χ0n) is 17.7. The van der Waals surface area contributed by atoms with Gasteiger partial charge in [0.05, 0.1) is 25.0 Å². The van der Waals surface area contributed by atoms with Crippen LogP contribution in [0, 0.1) is 13.8 Å². The van der Waals surface area contributed by atoms with E-state index in [1.165, 1.54) is 11.4 Å². The molecule has 0 bridgehead atoms. The Morgan fingerprint density at radius 2 is 2.00 bits per heavy atom. The molecule has 1 aliphatic heterocycles. The lowest BCUT2D eigenvalue weighted by Crippen LogP contribution is -2.31. The zero-order valence-corrected chi connectivity index (χ0v) is 18.6. The lowest BCUT2D eigenvalue weighted by atomic mass is 10.1. The van der Waals surface area contributed by atoms with Gasteiger partial charge in [-0.25, -0.2) is 13.4 Å². The third-order valence-corrected chi connectivity index (χ3v) is 7.19. The van der Waals surface area contributed by atoms with Crippen molar-refractivity contribution in [2.45, 2.75) is 37.6 Å². The molecule has 162 valence electrons. The van der Waals surface area contributed by atoms with Crippen molar-refractivity contribution in [3.8, 4) is 5.75 Å². The molecule has 3 heterocycles.